The Morgan fingerprint density at radius 2 is 1.86 bits per heavy atom. The lowest BCUT2D eigenvalue weighted by Crippen LogP contribution is -2.19. The molecular formula is C13H17NO6S. The molecule has 0 unspecified atom stereocenters. The number of carboxylic acids is 1. The van der Waals surface area contributed by atoms with Crippen LogP contribution in [0, 0.1) is 0 Å². The van der Waals surface area contributed by atoms with Crippen LogP contribution in [0.5, 0.6) is 0 Å². The lowest BCUT2D eigenvalue weighted by atomic mass is 10.2. The van der Waals surface area contributed by atoms with E-state index in [1.54, 1.807) is 0 Å². The highest BCUT2D eigenvalue weighted by Crippen LogP contribution is 2.13. The third-order valence-corrected chi connectivity index (χ3v) is 3.70. The fourth-order valence-electron chi connectivity index (χ4n) is 1.40. The van der Waals surface area contributed by atoms with E-state index in [1.165, 1.54) is 24.3 Å². The second-order valence-electron chi connectivity index (χ2n) is 4.28. The molecule has 0 atom stereocenters. The number of carbonyl (C=O) groups is 2. The Morgan fingerprint density at radius 1 is 1.24 bits per heavy atom. The van der Waals surface area contributed by atoms with Gasteiger partial charge in [-0.1, -0.05) is 6.92 Å². The summed E-state index contributed by atoms with van der Waals surface area (Å²) in [6, 6.07) is 5.71. The normalized spacial score (nSPS) is 10.9. The number of sulfonamides is 1. The Morgan fingerprint density at radius 3 is 2.38 bits per heavy atom. The van der Waals surface area contributed by atoms with Gasteiger partial charge in [0.15, 0.2) is 0 Å². The van der Waals surface area contributed by atoms with Crippen molar-refractivity contribution < 1.29 is 27.9 Å². The van der Waals surface area contributed by atoms with Crippen molar-refractivity contribution in [3.05, 3.63) is 29.8 Å². The van der Waals surface area contributed by atoms with Gasteiger partial charge in [0, 0.05) is 5.69 Å². The molecule has 0 aliphatic heterocycles. The van der Waals surface area contributed by atoms with Gasteiger partial charge >= 0.3 is 11.9 Å². The fourth-order valence-corrected chi connectivity index (χ4v) is 2.45. The zero-order valence-electron chi connectivity index (χ0n) is 11.5. The molecular weight excluding hydrogens is 298 g/mol. The standard InChI is InChI=1S/C13H17NO6S/c1-2-8-20-13(17)10-3-5-11(6-4-10)14-21(18,19)9-7-12(15)16/h3-6,14H,2,7-9H2,1H3,(H,15,16). The van der Waals surface area contributed by atoms with Gasteiger partial charge in [-0.2, -0.15) is 0 Å². The van der Waals surface area contributed by atoms with Crippen LogP contribution in [0.2, 0.25) is 0 Å². The number of carboxylic acid groups (broad SMARTS) is 1. The molecule has 0 saturated carbocycles. The number of esters is 1. The Hall–Kier alpha value is -2.09. The van der Waals surface area contributed by atoms with Gasteiger partial charge < -0.3 is 9.84 Å². The van der Waals surface area contributed by atoms with Crippen LogP contribution in [-0.4, -0.2) is 37.8 Å². The van der Waals surface area contributed by atoms with E-state index in [9.17, 15) is 18.0 Å². The molecule has 2 N–H and O–H groups in total. The van der Waals surface area contributed by atoms with Crippen molar-refractivity contribution in [1.82, 2.24) is 0 Å². The van der Waals surface area contributed by atoms with Crippen LogP contribution < -0.4 is 4.72 Å². The van der Waals surface area contributed by atoms with E-state index in [0.717, 1.165) is 0 Å². The van der Waals surface area contributed by atoms with Crippen molar-refractivity contribution in [2.24, 2.45) is 0 Å². The molecule has 0 saturated heterocycles. The third-order valence-electron chi connectivity index (χ3n) is 2.42. The number of rotatable bonds is 8. The van der Waals surface area contributed by atoms with E-state index in [0.29, 0.717) is 18.6 Å². The number of aliphatic carboxylic acids is 1. The molecule has 8 heteroatoms. The first-order valence-corrected chi connectivity index (χ1v) is 7.99. The lowest BCUT2D eigenvalue weighted by molar-refractivity contribution is -0.136. The number of nitrogens with one attached hydrogen (secondary N) is 1. The summed E-state index contributed by atoms with van der Waals surface area (Å²) >= 11 is 0. The first-order valence-electron chi connectivity index (χ1n) is 6.33. The second-order valence-corrected chi connectivity index (χ2v) is 6.12. The van der Waals surface area contributed by atoms with E-state index in [-0.39, 0.29) is 5.69 Å². The van der Waals surface area contributed by atoms with Crippen molar-refractivity contribution in [2.45, 2.75) is 19.8 Å². The highest BCUT2D eigenvalue weighted by atomic mass is 32.2. The minimum Gasteiger partial charge on any atom is -0.481 e. The van der Waals surface area contributed by atoms with Crippen LogP contribution in [-0.2, 0) is 19.6 Å². The maximum Gasteiger partial charge on any atom is 0.338 e. The predicted octanol–water partition coefficient (Wildman–Crippen LogP) is 1.47. The summed E-state index contributed by atoms with van der Waals surface area (Å²) in [5, 5.41) is 8.47. The molecule has 0 aliphatic rings. The van der Waals surface area contributed by atoms with Gasteiger partial charge in [-0.15, -0.1) is 0 Å². The molecule has 0 radical (unpaired) electrons. The first-order chi connectivity index (χ1) is 9.84. The maximum atomic E-state index is 11.6. The highest BCUT2D eigenvalue weighted by molar-refractivity contribution is 7.92. The van der Waals surface area contributed by atoms with E-state index < -0.39 is 34.1 Å². The number of hydrogen-bond acceptors (Lipinski definition) is 5. The molecule has 0 heterocycles. The number of ether oxygens (including phenoxy) is 1. The molecule has 0 aliphatic carbocycles. The monoisotopic (exact) mass is 315 g/mol. The smallest absolute Gasteiger partial charge is 0.338 e. The third kappa shape index (κ3) is 6.26. The average Bonchev–Trinajstić information content (AvgIpc) is 2.43. The summed E-state index contributed by atoms with van der Waals surface area (Å²) < 4.78 is 30.4. The second kappa shape index (κ2) is 7.63. The molecule has 0 aromatic heterocycles. The van der Waals surface area contributed by atoms with Crippen LogP contribution in [0.1, 0.15) is 30.1 Å². The van der Waals surface area contributed by atoms with Gasteiger partial charge in [-0.25, -0.2) is 13.2 Å². The highest BCUT2D eigenvalue weighted by Gasteiger charge is 2.13. The van der Waals surface area contributed by atoms with E-state index in [1.807, 2.05) is 6.92 Å². The summed E-state index contributed by atoms with van der Waals surface area (Å²) in [5.74, 6) is -2.17. The lowest BCUT2D eigenvalue weighted by Gasteiger charge is -2.08. The van der Waals surface area contributed by atoms with Crippen LogP contribution >= 0.6 is 0 Å². The van der Waals surface area contributed by atoms with Gasteiger partial charge in [-0.3, -0.25) is 9.52 Å². The van der Waals surface area contributed by atoms with Crippen LogP contribution in [0.15, 0.2) is 24.3 Å². The summed E-state index contributed by atoms with van der Waals surface area (Å²) in [5.41, 5.74) is 0.573. The number of benzene rings is 1. The van der Waals surface area contributed by atoms with Crippen LogP contribution in [0.3, 0.4) is 0 Å². The minimum absolute atomic E-state index is 0.257. The zero-order chi connectivity index (χ0) is 15.9. The van der Waals surface area contributed by atoms with Crippen LogP contribution in [0.25, 0.3) is 0 Å². The maximum absolute atomic E-state index is 11.6. The quantitative estimate of drug-likeness (QED) is 0.703. The molecule has 0 bridgehead atoms. The van der Waals surface area contributed by atoms with E-state index in [4.69, 9.17) is 9.84 Å². The van der Waals surface area contributed by atoms with Gasteiger partial charge in [-0.05, 0) is 30.7 Å². The summed E-state index contributed by atoms with van der Waals surface area (Å²) in [6.07, 6.45) is 0.240. The molecule has 1 aromatic rings. The SMILES string of the molecule is CCCOC(=O)c1ccc(NS(=O)(=O)CCC(=O)O)cc1. The molecule has 116 valence electrons. The van der Waals surface area contributed by atoms with E-state index in [2.05, 4.69) is 4.72 Å². The first kappa shape index (κ1) is 17.0. The Balaban J connectivity index is 2.66. The van der Waals surface area contributed by atoms with Gasteiger partial charge in [0.2, 0.25) is 10.0 Å². The van der Waals surface area contributed by atoms with Gasteiger partial charge in [0.1, 0.15) is 0 Å². The van der Waals surface area contributed by atoms with Crippen molar-refractivity contribution in [3.63, 3.8) is 0 Å². The largest absolute Gasteiger partial charge is 0.481 e. The number of hydrogen-bond donors (Lipinski definition) is 2. The number of carbonyl (C=O) groups excluding carboxylic acids is 1. The van der Waals surface area contributed by atoms with Gasteiger partial charge in [0.05, 0.1) is 24.3 Å². The molecule has 21 heavy (non-hydrogen) atoms. The summed E-state index contributed by atoms with van der Waals surface area (Å²) in [7, 11) is -3.72. The molecule has 1 aromatic carbocycles. The molecule has 7 nitrogen and oxygen atoms in total. The summed E-state index contributed by atoms with van der Waals surface area (Å²) in [6.45, 7) is 2.20. The molecule has 1 rings (SSSR count). The molecule has 0 fully saturated rings. The van der Waals surface area contributed by atoms with Crippen molar-refractivity contribution in [1.29, 1.82) is 0 Å². The molecule has 0 spiro atoms. The van der Waals surface area contributed by atoms with Crippen molar-refractivity contribution in [3.8, 4) is 0 Å². The Kier molecular flexibility index (Phi) is 6.16. The topological polar surface area (TPSA) is 110 Å². The Labute approximate surface area is 123 Å². The van der Waals surface area contributed by atoms with Crippen molar-refractivity contribution >= 4 is 27.6 Å². The zero-order valence-corrected chi connectivity index (χ0v) is 12.4. The average molecular weight is 315 g/mol. The van der Waals surface area contributed by atoms with Gasteiger partial charge in [0.25, 0.3) is 0 Å². The number of anilines is 1. The Bertz CT molecular complexity index is 594. The fraction of sp³-hybridized carbons (Fsp3) is 0.385. The van der Waals surface area contributed by atoms with Crippen LogP contribution in [0.4, 0.5) is 5.69 Å². The minimum atomic E-state index is -3.72. The summed E-state index contributed by atoms with van der Waals surface area (Å²) in [4.78, 5) is 21.9. The molecule has 0 amide bonds. The predicted molar refractivity (Wildman–Crippen MR) is 76.7 cm³/mol. The van der Waals surface area contributed by atoms with E-state index >= 15 is 0 Å². The van der Waals surface area contributed by atoms with Crippen molar-refractivity contribution in [2.75, 3.05) is 17.1 Å².